The molecule has 0 atom stereocenters. The molecule has 1 amide bonds. The van der Waals surface area contributed by atoms with Crippen LogP contribution in [0.5, 0.6) is 0 Å². The van der Waals surface area contributed by atoms with Crippen LogP contribution in [-0.2, 0) is 0 Å². The molecule has 0 aliphatic carbocycles. The summed E-state index contributed by atoms with van der Waals surface area (Å²) in [5, 5.41) is 9.14. The van der Waals surface area contributed by atoms with E-state index in [1.807, 2.05) is 33.8 Å². The second-order valence-corrected chi connectivity index (χ2v) is 4.48. The van der Waals surface area contributed by atoms with Gasteiger partial charge in [-0.3, -0.25) is 4.90 Å². The van der Waals surface area contributed by atoms with Crippen LogP contribution in [0.25, 0.3) is 0 Å². The van der Waals surface area contributed by atoms with Crippen molar-refractivity contribution in [2.45, 2.75) is 33.2 Å². The summed E-state index contributed by atoms with van der Waals surface area (Å²) in [7, 11) is 0. The van der Waals surface area contributed by atoms with Crippen molar-refractivity contribution < 1.29 is 9.90 Å². The molecule has 4 nitrogen and oxygen atoms in total. The quantitative estimate of drug-likeness (QED) is 0.772. The molecule has 1 aromatic heterocycles. The average molecular weight is 208 g/mol. The first kappa shape index (κ1) is 11.5. The Kier molecular flexibility index (Phi) is 2.98. The van der Waals surface area contributed by atoms with Crippen LogP contribution >= 0.6 is 0 Å². The standard InChI is InChI=1S/C11H16N2O2/c1-8-5-6-12-9(7-8)13(10(14)15)11(2,3)4/h5-7H,1-4H3,(H,14,15). The summed E-state index contributed by atoms with van der Waals surface area (Å²) >= 11 is 0. The topological polar surface area (TPSA) is 53.4 Å². The van der Waals surface area contributed by atoms with Crippen LogP contribution in [0, 0.1) is 6.92 Å². The van der Waals surface area contributed by atoms with Gasteiger partial charge in [0.25, 0.3) is 0 Å². The predicted octanol–water partition coefficient (Wildman–Crippen LogP) is 2.67. The number of aromatic nitrogens is 1. The van der Waals surface area contributed by atoms with Gasteiger partial charge in [-0.15, -0.1) is 0 Å². The molecule has 1 N–H and O–H groups in total. The number of carbonyl (C=O) groups is 1. The lowest BCUT2D eigenvalue weighted by atomic mass is 10.1. The fourth-order valence-electron chi connectivity index (χ4n) is 1.37. The van der Waals surface area contributed by atoms with E-state index in [0.29, 0.717) is 5.82 Å². The van der Waals surface area contributed by atoms with Crippen molar-refractivity contribution in [2.24, 2.45) is 0 Å². The molecule has 1 heterocycles. The summed E-state index contributed by atoms with van der Waals surface area (Å²) in [5.74, 6) is 0.468. The minimum absolute atomic E-state index is 0.468. The molecule has 15 heavy (non-hydrogen) atoms. The number of hydrogen-bond donors (Lipinski definition) is 1. The normalized spacial score (nSPS) is 11.2. The molecule has 0 bridgehead atoms. The summed E-state index contributed by atoms with van der Waals surface area (Å²) in [6.45, 7) is 7.43. The second kappa shape index (κ2) is 3.88. The van der Waals surface area contributed by atoms with Crippen molar-refractivity contribution in [3.05, 3.63) is 23.9 Å². The van der Waals surface area contributed by atoms with E-state index in [1.54, 1.807) is 12.3 Å². The lowest BCUT2D eigenvalue weighted by Crippen LogP contribution is -2.45. The zero-order chi connectivity index (χ0) is 11.6. The van der Waals surface area contributed by atoms with Crippen molar-refractivity contribution >= 4 is 11.9 Å². The largest absolute Gasteiger partial charge is 0.465 e. The van der Waals surface area contributed by atoms with Crippen LogP contribution in [0.2, 0.25) is 0 Å². The van der Waals surface area contributed by atoms with Gasteiger partial charge in [0.05, 0.1) is 0 Å². The lowest BCUT2D eigenvalue weighted by Gasteiger charge is -2.32. The Balaban J connectivity index is 3.16. The van der Waals surface area contributed by atoms with Crippen LogP contribution in [0.3, 0.4) is 0 Å². The molecule has 0 aliphatic heterocycles. The number of aryl methyl sites for hydroxylation is 1. The number of anilines is 1. The zero-order valence-corrected chi connectivity index (χ0v) is 9.48. The Morgan fingerprint density at radius 2 is 2.07 bits per heavy atom. The van der Waals surface area contributed by atoms with E-state index in [2.05, 4.69) is 4.98 Å². The lowest BCUT2D eigenvalue weighted by molar-refractivity contribution is 0.195. The van der Waals surface area contributed by atoms with Gasteiger partial charge in [0, 0.05) is 11.7 Å². The highest BCUT2D eigenvalue weighted by molar-refractivity contribution is 5.86. The smallest absolute Gasteiger partial charge is 0.413 e. The molecule has 1 rings (SSSR count). The maximum Gasteiger partial charge on any atom is 0.413 e. The molecule has 0 saturated carbocycles. The van der Waals surface area contributed by atoms with E-state index in [0.717, 1.165) is 5.56 Å². The summed E-state index contributed by atoms with van der Waals surface area (Å²) in [6, 6.07) is 3.60. The Morgan fingerprint density at radius 3 is 2.47 bits per heavy atom. The number of nitrogens with zero attached hydrogens (tertiary/aromatic N) is 2. The molecular formula is C11H16N2O2. The molecule has 1 aromatic rings. The van der Waals surface area contributed by atoms with Gasteiger partial charge in [-0.05, 0) is 45.4 Å². The van der Waals surface area contributed by atoms with Gasteiger partial charge in [-0.1, -0.05) is 0 Å². The van der Waals surface area contributed by atoms with Crippen molar-refractivity contribution in [1.29, 1.82) is 0 Å². The molecular weight excluding hydrogens is 192 g/mol. The van der Waals surface area contributed by atoms with Crippen molar-refractivity contribution in [1.82, 2.24) is 4.98 Å². The highest BCUT2D eigenvalue weighted by atomic mass is 16.4. The first-order valence-electron chi connectivity index (χ1n) is 4.78. The third kappa shape index (κ3) is 2.68. The van der Waals surface area contributed by atoms with Crippen molar-refractivity contribution in [2.75, 3.05) is 4.90 Å². The molecule has 82 valence electrons. The third-order valence-corrected chi connectivity index (χ3v) is 1.99. The third-order valence-electron chi connectivity index (χ3n) is 1.99. The van der Waals surface area contributed by atoms with Crippen molar-refractivity contribution in [3.8, 4) is 0 Å². The maximum atomic E-state index is 11.1. The van der Waals surface area contributed by atoms with Crippen LogP contribution in [0.1, 0.15) is 26.3 Å². The van der Waals surface area contributed by atoms with E-state index in [4.69, 9.17) is 5.11 Å². The van der Waals surface area contributed by atoms with Gasteiger partial charge in [0.1, 0.15) is 5.82 Å². The average Bonchev–Trinajstić information content (AvgIpc) is 1.99. The van der Waals surface area contributed by atoms with Gasteiger partial charge in [-0.2, -0.15) is 0 Å². The van der Waals surface area contributed by atoms with Crippen molar-refractivity contribution in [3.63, 3.8) is 0 Å². The van der Waals surface area contributed by atoms with E-state index >= 15 is 0 Å². The molecule has 0 aliphatic rings. The van der Waals surface area contributed by atoms with E-state index in [-0.39, 0.29) is 0 Å². The zero-order valence-electron chi connectivity index (χ0n) is 9.48. The summed E-state index contributed by atoms with van der Waals surface area (Å²) in [6.07, 6.45) is 0.632. The number of amides is 1. The van der Waals surface area contributed by atoms with Gasteiger partial charge in [0.2, 0.25) is 0 Å². The Morgan fingerprint density at radius 1 is 1.47 bits per heavy atom. The SMILES string of the molecule is Cc1ccnc(N(C(=O)O)C(C)(C)C)c1. The van der Waals surface area contributed by atoms with Gasteiger partial charge in [0.15, 0.2) is 0 Å². The molecule has 0 unspecified atom stereocenters. The summed E-state index contributed by atoms with van der Waals surface area (Å²) < 4.78 is 0. The van der Waals surface area contributed by atoms with Gasteiger partial charge in [-0.25, -0.2) is 9.78 Å². The molecule has 0 saturated heterocycles. The Labute approximate surface area is 89.6 Å². The minimum atomic E-state index is -0.986. The van der Waals surface area contributed by atoms with Crippen LogP contribution in [0.15, 0.2) is 18.3 Å². The molecule has 4 heteroatoms. The highest BCUT2D eigenvalue weighted by Gasteiger charge is 2.28. The summed E-state index contributed by atoms with van der Waals surface area (Å²) in [4.78, 5) is 16.5. The summed E-state index contributed by atoms with van der Waals surface area (Å²) in [5.41, 5.74) is 0.502. The predicted molar refractivity (Wildman–Crippen MR) is 59.2 cm³/mol. The Bertz CT molecular complexity index is 369. The van der Waals surface area contributed by atoms with E-state index < -0.39 is 11.6 Å². The Hall–Kier alpha value is -1.58. The first-order valence-corrected chi connectivity index (χ1v) is 4.78. The fourth-order valence-corrected chi connectivity index (χ4v) is 1.37. The first-order chi connectivity index (χ1) is 6.82. The van der Waals surface area contributed by atoms with E-state index in [1.165, 1.54) is 4.90 Å². The van der Waals surface area contributed by atoms with Crippen LogP contribution in [-0.4, -0.2) is 21.7 Å². The molecule has 0 aromatic carbocycles. The highest BCUT2D eigenvalue weighted by Crippen LogP contribution is 2.22. The van der Waals surface area contributed by atoms with Gasteiger partial charge >= 0.3 is 6.09 Å². The van der Waals surface area contributed by atoms with Gasteiger partial charge < -0.3 is 5.11 Å². The number of carboxylic acid groups (broad SMARTS) is 1. The second-order valence-electron chi connectivity index (χ2n) is 4.48. The van der Waals surface area contributed by atoms with Crippen LogP contribution < -0.4 is 4.90 Å². The van der Waals surface area contributed by atoms with Crippen LogP contribution in [0.4, 0.5) is 10.6 Å². The fraction of sp³-hybridized carbons (Fsp3) is 0.455. The van der Waals surface area contributed by atoms with E-state index in [9.17, 15) is 4.79 Å². The molecule has 0 radical (unpaired) electrons. The monoisotopic (exact) mass is 208 g/mol. The number of hydrogen-bond acceptors (Lipinski definition) is 2. The minimum Gasteiger partial charge on any atom is -0.465 e. The molecule has 0 spiro atoms. The number of rotatable bonds is 1. The molecule has 0 fully saturated rings. The number of pyridine rings is 1. The maximum absolute atomic E-state index is 11.1.